The van der Waals surface area contributed by atoms with E-state index in [4.69, 9.17) is 13.9 Å². The van der Waals surface area contributed by atoms with Gasteiger partial charge in [0, 0.05) is 18.8 Å². The number of hydrogen-bond acceptors (Lipinski definition) is 5. The van der Waals surface area contributed by atoms with E-state index in [0.717, 1.165) is 11.1 Å². The molecule has 2 aromatic carbocycles. The van der Waals surface area contributed by atoms with E-state index in [1.54, 1.807) is 36.4 Å². The SMILES string of the molecule is COc1cc(CNCc2ccc(NC(=O)c3ccco3)cc2)ccc1OCC(F)(F)F. The molecule has 0 radical (unpaired) electrons. The maximum absolute atomic E-state index is 12.3. The number of carbonyl (C=O) groups excluding carboxylic acids is 1. The number of alkyl halides is 3. The van der Waals surface area contributed by atoms with E-state index in [-0.39, 0.29) is 23.2 Å². The van der Waals surface area contributed by atoms with Gasteiger partial charge in [-0.15, -0.1) is 0 Å². The molecule has 0 aliphatic carbocycles. The van der Waals surface area contributed by atoms with Crippen molar-refractivity contribution in [3.8, 4) is 11.5 Å². The molecule has 2 N–H and O–H groups in total. The van der Waals surface area contributed by atoms with Gasteiger partial charge in [-0.25, -0.2) is 0 Å². The average Bonchev–Trinajstić information content (AvgIpc) is 3.28. The molecule has 0 bridgehead atoms. The smallest absolute Gasteiger partial charge is 0.422 e. The minimum atomic E-state index is -4.41. The summed E-state index contributed by atoms with van der Waals surface area (Å²) in [5.41, 5.74) is 2.47. The molecule has 0 saturated heterocycles. The number of ether oxygens (including phenoxy) is 2. The van der Waals surface area contributed by atoms with Crippen molar-refractivity contribution >= 4 is 11.6 Å². The number of amides is 1. The van der Waals surface area contributed by atoms with Crippen molar-refractivity contribution in [2.24, 2.45) is 0 Å². The van der Waals surface area contributed by atoms with Gasteiger partial charge in [0.15, 0.2) is 23.9 Å². The summed E-state index contributed by atoms with van der Waals surface area (Å²) in [5, 5.41) is 5.99. The first-order valence-corrected chi connectivity index (χ1v) is 9.35. The Hall–Kier alpha value is -3.46. The minimum Gasteiger partial charge on any atom is -0.493 e. The molecule has 0 aliphatic heterocycles. The molecule has 0 saturated carbocycles. The average molecular weight is 434 g/mol. The van der Waals surface area contributed by atoms with Crippen LogP contribution < -0.4 is 20.1 Å². The molecule has 0 unspecified atom stereocenters. The Kier molecular flexibility index (Phi) is 7.19. The highest BCUT2D eigenvalue weighted by Gasteiger charge is 2.29. The molecule has 6 nitrogen and oxygen atoms in total. The molecule has 1 heterocycles. The van der Waals surface area contributed by atoms with Crippen molar-refractivity contribution < 1.29 is 31.9 Å². The van der Waals surface area contributed by atoms with Gasteiger partial charge in [-0.2, -0.15) is 13.2 Å². The van der Waals surface area contributed by atoms with Gasteiger partial charge in [-0.3, -0.25) is 4.79 Å². The van der Waals surface area contributed by atoms with E-state index in [0.29, 0.717) is 18.8 Å². The molecule has 0 fully saturated rings. The van der Waals surface area contributed by atoms with Crippen LogP contribution in [0, 0.1) is 0 Å². The van der Waals surface area contributed by atoms with Gasteiger partial charge in [0.05, 0.1) is 13.4 Å². The third-order valence-electron chi connectivity index (χ3n) is 4.23. The fourth-order valence-corrected chi connectivity index (χ4v) is 2.76. The van der Waals surface area contributed by atoms with E-state index >= 15 is 0 Å². The fraction of sp³-hybridized carbons (Fsp3) is 0.227. The van der Waals surface area contributed by atoms with E-state index in [2.05, 4.69) is 10.6 Å². The minimum absolute atomic E-state index is 0.0377. The predicted octanol–water partition coefficient (Wildman–Crippen LogP) is 4.77. The molecule has 3 aromatic rings. The Morgan fingerprint density at radius 3 is 2.35 bits per heavy atom. The number of nitrogens with one attached hydrogen (secondary N) is 2. The molecule has 1 aromatic heterocycles. The molecule has 1 amide bonds. The van der Waals surface area contributed by atoms with Crippen LogP contribution in [0.2, 0.25) is 0 Å². The first-order valence-electron chi connectivity index (χ1n) is 9.35. The van der Waals surface area contributed by atoms with E-state index in [9.17, 15) is 18.0 Å². The Labute approximate surface area is 177 Å². The second kappa shape index (κ2) is 10.0. The Bertz CT molecular complexity index is 987. The lowest BCUT2D eigenvalue weighted by atomic mass is 10.1. The van der Waals surface area contributed by atoms with Crippen molar-refractivity contribution in [2.45, 2.75) is 19.3 Å². The second-order valence-corrected chi connectivity index (χ2v) is 6.62. The van der Waals surface area contributed by atoms with Gasteiger partial charge in [0.2, 0.25) is 0 Å². The molecule has 3 rings (SSSR count). The largest absolute Gasteiger partial charge is 0.493 e. The summed E-state index contributed by atoms with van der Waals surface area (Å²) in [5.74, 6) is 0.180. The maximum atomic E-state index is 12.3. The first kappa shape index (κ1) is 22.2. The van der Waals surface area contributed by atoms with Crippen molar-refractivity contribution in [2.75, 3.05) is 19.0 Å². The quantitative estimate of drug-likeness (QED) is 0.508. The zero-order chi connectivity index (χ0) is 22.3. The van der Waals surface area contributed by atoms with Crippen LogP contribution in [0.5, 0.6) is 11.5 Å². The summed E-state index contributed by atoms with van der Waals surface area (Å²) in [6.07, 6.45) is -2.98. The van der Waals surface area contributed by atoms with Crippen LogP contribution in [-0.2, 0) is 13.1 Å². The Balaban J connectivity index is 1.50. The summed E-state index contributed by atoms with van der Waals surface area (Å²) >= 11 is 0. The number of halogens is 3. The van der Waals surface area contributed by atoms with Crippen LogP contribution in [0.1, 0.15) is 21.7 Å². The lowest BCUT2D eigenvalue weighted by Gasteiger charge is -2.14. The summed E-state index contributed by atoms with van der Waals surface area (Å²) in [6, 6.07) is 15.3. The summed E-state index contributed by atoms with van der Waals surface area (Å²) < 4.78 is 52.0. The van der Waals surface area contributed by atoms with Crippen LogP contribution in [0.3, 0.4) is 0 Å². The van der Waals surface area contributed by atoms with Gasteiger partial charge >= 0.3 is 6.18 Å². The highest BCUT2D eigenvalue weighted by Crippen LogP contribution is 2.29. The van der Waals surface area contributed by atoms with E-state index in [1.807, 2.05) is 12.1 Å². The van der Waals surface area contributed by atoms with Crippen molar-refractivity contribution in [1.29, 1.82) is 0 Å². The van der Waals surface area contributed by atoms with E-state index in [1.165, 1.54) is 19.4 Å². The molecular weight excluding hydrogens is 413 g/mol. The topological polar surface area (TPSA) is 72.7 Å². The zero-order valence-electron chi connectivity index (χ0n) is 16.7. The number of benzene rings is 2. The predicted molar refractivity (Wildman–Crippen MR) is 108 cm³/mol. The third-order valence-corrected chi connectivity index (χ3v) is 4.23. The maximum Gasteiger partial charge on any atom is 0.422 e. The van der Waals surface area contributed by atoms with Crippen LogP contribution in [0.15, 0.2) is 65.3 Å². The summed E-state index contributed by atoms with van der Waals surface area (Å²) in [7, 11) is 1.37. The number of anilines is 1. The highest BCUT2D eigenvalue weighted by atomic mass is 19.4. The van der Waals surface area contributed by atoms with Crippen molar-refractivity contribution in [1.82, 2.24) is 5.32 Å². The van der Waals surface area contributed by atoms with E-state index < -0.39 is 12.8 Å². The molecule has 9 heteroatoms. The number of hydrogen-bond donors (Lipinski definition) is 2. The number of methoxy groups -OCH3 is 1. The van der Waals surface area contributed by atoms with Crippen molar-refractivity contribution in [3.05, 3.63) is 77.7 Å². The standard InChI is InChI=1S/C22H21F3N2O4/c1-29-20-11-16(6-9-18(20)31-14-22(23,24)25)13-26-12-15-4-7-17(8-5-15)27-21(28)19-3-2-10-30-19/h2-11,26H,12-14H2,1H3,(H,27,28). The van der Waals surface area contributed by atoms with Crippen molar-refractivity contribution in [3.63, 3.8) is 0 Å². The van der Waals surface area contributed by atoms with Crippen LogP contribution >= 0.6 is 0 Å². The third kappa shape index (κ3) is 6.78. The molecule has 0 aliphatic rings. The van der Waals surface area contributed by atoms with Crippen LogP contribution in [0.4, 0.5) is 18.9 Å². The normalized spacial score (nSPS) is 11.2. The highest BCUT2D eigenvalue weighted by molar-refractivity contribution is 6.02. The molecular formula is C22H21F3N2O4. The zero-order valence-corrected chi connectivity index (χ0v) is 16.7. The molecule has 0 atom stereocenters. The Morgan fingerprint density at radius 2 is 1.71 bits per heavy atom. The fourth-order valence-electron chi connectivity index (χ4n) is 2.76. The van der Waals surface area contributed by atoms with Gasteiger partial charge in [-0.1, -0.05) is 18.2 Å². The first-order chi connectivity index (χ1) is 14.8. The number of furan rings is 1. The number of carbonyl (C=O) groups is 1. The van der Waals surface area contributed by atoms with Gasteiger partial charge in [-0.05, 0) is 47.5 Å². The lowest BCUT2D eigenvalue weighted by Crippen LogP contribution is -2.19. The monoisotopic (exact) mass is 434 g/mol. The number of rotatable bonds is 9. The molecule has 31 heavy (non-hydrogen) atoms. The molecule has 164 valence electrons. The van der Waals surface area contributed by atoms with Crippen LogP contribution in [0.25, 0.3) is 0 Å². The second-order valence-electron chi connectivity index (χ2n) is 6.62. The van der Waals surface area contributed by atoms with Gasteiger partial charge in [0.1, 0.15) is 0 Å². The summed E-state index contributed by atoms with van der Waals surface area (Å²) in [6.45, 7) is -0.340. The van der Waals surface area contributed by atoms with Gasteiger partial charge in [0.25, 0.3) is 5.91 Å². The Morgan fingerprint density at radius 1 is 1.00 bits per heavy atom. The molecule has 0 spiro atoms. The lowest BCUT2D eigenvalue weighted by molar-refractivity contribution is -0.153. The summed E-state index contributed by atoms with van der Waals surface area (Å²) in [4.78, 5) is 12.0. The van der Waals surface area contributed by atoms with Gasteiger partial charge < -0.3 is 24.5 Å². The van der Waals surface area contributed by atoms with Crippen LogP contribution in [-0.4, -0.2) is 25.8 Å².